The monoisotopic (exact) mass is 478 g/mol. The lowest BCUT2D eigenvalue weighted by Gasteiger charge is -2.33. The first-order valence-electron chi connectivity index (χ1n) is 11.0. The molecule has 0 aromatic heterocycles. The van der Waals surface area contributed by atoms with Gasteiger partial charge in [0, 0.05) is 38.3 Å². The second-order valence-corrected chi connectivity index (χ2v) is 9.22. The van der Waals surface area contributed by atoms with E-state index in [9.17, 15) is 24.3 Å². The summed E-state index contributed by atoms with van der Waals surface area (Å²) in [5.41, 5.74) is 0.115. The molecule has 3 heterocycles. The summed E-state index contributed by atoms with van der Waals surface area (Å²) in [7, 11) is 0. The van der Waals surface area contributed by atoms with Gasteiger partial charge in [-0.1, -0.05) is 5.57 Å². The summed E-state index contributed by atoms with van der Waals surface area (Å²) in [5.74, 6) is -4.21. The van der Waals surface area contributed by atoms with Crippen LogP contribution < -0.4 is 0 Å². The molecular weight excluding hydrogens is 448 g/mol. The first-order valence-corrected chi connectivity index (χ1v) is 11.0. The molecule has 0 radical (unpaired) electrons. The van der Waals surface area contributed by atoms with Gasteiger partial charge < -0.3 is 28.8 Å². The molecule has 186 valence electrons. The van der Waals surface area contributed by atoms with Crippen LogP contribution in [0.5, 0.6) is 0 Å². The Bertz CT molecular complexity index is 1000. The Balaban J connectivity index is 2.19. The van der Waals surface area contributed by atoms with Crippen molar-refractivity contribution in [3.8, 4) is 0 Å². The van der Waals surface area contributed by atoms with Crippen LogP contribution in [-0.4, -0.2) is 65.3 Å². The number of fused-ring (bicyclic) bond motifs is 3. The van der Waals surface area contributed by atoms with Gasteiger partial charge in [-0.2, -0.15) is 0 Å². The number of allylic oxidation sites excluding steroid dienone is 1. The lowest BCUT2D eigenvalue weighted by atomic mass is 9.84. The lowest BCUT2D eigenvalue weighted by Crippen LogP contribution is -2.42. The van der Waals surface area contributed by atoms with Gasteiger partial charge in [-0.15, -0.1) is 0 Å². The fourth-order valence-corrected chi connectivity index (χ4v) is 4.45. The first kappa shape index (κ1) is 25.6. The van der Waals surface area contributed by atoms with Gasteiger partial charge in [-0.25, -0.2) is 9.59 Å². The molecule has 0 aromatic carbocycles. The maximum atomic E-state index is 12.7. The molecule has 0 unspecified atom stereocenters. The van der Waals surface area contributed by atoms with Gasteiger partial charge in [0.15, 0.2) is 0 Å². The molecule has 1 N–H and O–H groups in total. The topological polar surface area (TPSA) is 135 Å². The van der Waals surface area contributed by atoms with E-state index in [0.29, 0.717) is 11.1 Å². The van der Waals surface area contributed by atoms with Gasteiger partial charge >= 0.3 is 23.9 Å². The zero-order chi connectivity index (χ0) is 25.4. The predicted octanol–water partition coefficient (Wildman–Crippen LogP) is 1.80. The molecule has 1 saturated heterocycles. The smallest absolute Gasteiger partial charge is 0.338 e. The maximum absolute atomic E-state index is 12.7. The summed E-state index contributed by atoms with van der Waals surface area (Å²) in [4.78, 5) is 48.6. The van der Waals surface area contributed by atoms with Gasteiger partial charge in [0.25, 0.3) is 0 Å². The minimum Gasteiger partial charge on any atom is -0.461 e. The standard InChI is InChI=1S/C24H30O10/c1-12(2)7-20(28)31-17-8-13(3)24(33-15(5)26)10-19(27)23(6,34-24)9-18-21(17)16(22(29)32-18)11-30-14(4)25/h7-8,17-19,27H,9-11H2,1-6H3/t17-,18-,19-,23-,24-/m0/s1. The molecule has 10 nitrogen and oxygen atoms in total. The Morgan fingerprint density at radius 2 is 1.85 bits per heavy atom. The van der Waals surface area contributed by atoms with Gasteiger partial charge in [0.2, 0.25) is 5.79 Å². The normalized spacial score (nSPS) is 32.4. The highest BCUT2D eigenvalue weighted by atomic mass is 16.7. The average molecular weight is 478 g/mol. The quantitative estimate of drug-likeness (QED) is 0.270. The molecule has 3 aliphatic heterocycles. The Hall–Kier alpha value is -2.98. The number of hydrogen-bond donors (Lipinski definition) is 1. The Labute approximate surface area is 197 Å². The molecular formula is C24H30O10. The van der Waals surface area contributed by atoms with E-state index in [1.807, 2.05) is 0 Å². The van der Waals surface area contributed by atoms with E-state index in [-0.39, 0.29) is 30.6 Å². The van der Waals surface area contributed by atoms with Crippen LogP contribution in [-0.2, 0) is 42.9 Å². The van der Waals surface area contributed by atoms with Crippen LogP contribution in [0.15, 0.2) is 34.4 Å². The third-order valence-electron chi connectivity index (χ3n) is 6.03. The van der Waals surface area contributed by atoms with E-state index < -0.39 is 53.6 Å². The average Bonchev–Trinajstić information content (AvgIpc) is 3.11. The van der Waals surface area contributed by atoms with Crippen LogP contribution in [0, 0.1) is 0 Å². The van der Waals surface area contributed by atoms with Crippen molar-refractivity contribution in [2.75, 3.05) is 6.61 Å². The van der Waals surface area contributed by atoms with Crippen LogP contribution in [0.25, 0.3) is 0 Å². The molecule has 3 rings (SSSR count). The minimum absolute atomic E-state index is 0.0142. The molecule has 2 bridgehead atoms. The number of aliphatic hydroxyl groups excluding tert-OH is 1. The Kier molecular flexibility index (Phi) is 7.05. The fraction of sp³-hybridized carbons (Fsp3) is 0.583. The largest absolute Gasteiger partial charge is 0.461 e. The van der Waals surface area contributed by atoms with Crippen molar-refractivity contribution in [1.82, 2.24) is 0 Å². The van der Waals surface area contributed by atoms with Crippen LogP contribution >= 0.6 is 0 Å². The van der Waals surface area contributed by atoms with Crippen LogP contribution in [0.3, 0.4) is 0 Å². The molecule has 5 atom stereocenters. The summed E-state index contributed by atoms with van der Waals surface area (Å²) in [5, 5.41) is 10.9. The van der Waals surface area contributed by atoms with E-state index >= 15 is 0 Å². The number of hydrogen-bond acceptors (Lipinski definition) is 10. The summed E-state index contributed by atoms with van der Waals surface area (Å²) in [6, 6.07) is 0. The number of rotatable bonds is 5. The Morgan fingerprint density at radius 3 is 2.44 bits per heavy atom. The Morgan fingerprint density at radius 1 is 1.18 bits per heavy atom. The molecule has 0 aliphatic carbocycles. The molecule has 3 aliphatic rings. The van der Waals surface area contributed by atoms with E-state index in [4.69, 9.17) is 23.7 Å². The SMILES string of the molecule is CC(=O)OCC1=C2[C@@H](OC(=O)C=C(C)C)C=C(C)[C@]3(OC(C)=O)C[C@H](O)[C@](C)(C[C@@H]2OC1=O)O3. The highest BCUT2D eigenvalue weighted by molar-refractivity contribution is 5.93. The fourth-order valence-electron chi connectivity index (χ4n) is 4.45. The summed E-state index contributed by atoms with van der Waals surface area (Å²) in [6.07, 6.45) is -0.387. The molecule has 0 amide bonds. The summed E-state index contributed by atoms with van der Waals surface area (Å²) < 4.78 is 28.0. The highest BCUT2D eigenvalue weighted by Gasteiger charge is 2.59. The van der Waals surface area contributed by atoms with Gasteiger partial charge in [0.1, 0.15) is 24.4 Å². The van der Waals surface area contributed by atoms with Crippen molar-refractivity contribution in [1.29, 1.82) is 0 Å². The molecule has 34 heavy (non-hydrogen) atoms. The number of esters is 4. The van der Waals surface area contributed by atoms with Crippen LogP contribution in [0.1, 0.15) is 54.4 Å². The van der Waals surface area contributed by atoms with Gasteiger partial charge in [-0.3, -0.25) is 9.59 Å². The zero-order valence-corrected chi connectivity index (χ0v) is 20.1. The van der Waals surface area contributed by atoms with E-state index in [1.165, 1.54) is 26.0 Å². The van der Waals surface area contributed by atoms with Crippen molar-refractivity contribution in [2.24, 2.45) is 0 Å². The van der Waals surface area contributed by atoms with Crippen molar-refractivity contribution in [3.05, 3.63) is 34.4 Å². The van der Waals surface area contributed by atoms with Gasteiger partial charge in [-0.05, 0) is 39.3 Å². The van der Waals surface area contributed by atoms with Crippen LogP contribution in [0.4, 0.5) is 0 Å². The van der Waals surface area contributed by atoms with Gasteiger partial charge in [0.05, 0.1) is 11.7 Å². The van der Waals surface area contributed by atoms with E-state index in [1.54, 1.807) is 27.7 Å². The van der Waals surface area contributed by atoms with Crippen molar-refractivity contribution in [3.63, 3.8) is 0 Å². The molecule has 0 aromatic rings. The number of ether oxygens (including phenoxy) is 5. The predicted molar refractivity (Wildman–Crippen MR) is 116 cm³/mol. The van der Waals surface area contributed by atoms with Crippen LogP contribution in [0.2, 0.25) is 0 Å². The van der Waals surface area contributed by atoms with Crippen molar-refractivity contribution >= 4 is 23.9 Å². The van der Waals surface area contributed by atoms with Crippen molar-refractivity contribution in [2.45, 2.75) is 84.1 Å². The van der Waals surface area contributed by atoms with E-state index in [0.717, 1.165) is 0 Å². The van der Waals surface area contributed by atoms with E-state index in [2.05, 4.69) is 0 Å². The molecule has 1 fully saturated rings. The third-order valence-corrected chi connectivity index (χ3v) is 6.03. The number of aliphatic hydroxyl groups is 1. The first-order chi connectivity index (χ1) is 15.8. The maximum Gasteiger partial charge on any atom is 0.338 e. The number of carbonyl (C=O) groups excluding carboxylic acids is 4. The minimum atomic E-state index is -1.60. The highest BCUT2D eigenvalue weighted by Crippen LogP contribution is 2.49. The lowest BCUT2D eigenvalue weighted by molar-refractivity contribution is -0.227. The number of carbonyl (C=O) groups is 4. The summed E-state index contributed by atoms with van der Waals surface area (Å²) in [6.45, 7) is 8.75. The molecule has 10 heteroatoms. The summed E-state index contributed by atoms with van der Waals surface area (Å²) >= 11 is 0. The molecule has 0 spiro atoms. The third kappa shape index (κ3) is 5.07. The second kappa shape index (κ2) is 9.34. The zero-order valence-electron chi connectivity index (χ0n) is 20.1. The van der Waals surface area contributed by atoms with Crippen molar-refractivity contribution < 1.29 is 48.0 Å². The second-order valence-electron chi connectivity index (χ2n) is 9.22. The molecule has 0 saturated carbocycles.